The molecule has 1 unspecified atom stereocenters. The lowest BCUT2D eigenvalue weighted by Gasteiger charge is -2.18. The molecule has 3 nitrogen and oxygen atoms in total. The van der Waals surface area contributed by atoms with Gasteiger partial charge in [0.1, 0.15) is 17.5 Å². The van der Waals surface area contributed by atoms with Gasteiger partial charge in [0.2, 0.25) is 0 Å². The summed E-state index contributed by atoms with van der Waals surface area (Å²) in [7, 11) is 0. The van der Waals surface area contributed by atoms with Gasteiger partial charge in [-0.2, -0.15) is 0 Å². The van der Waals surface area contributed by atoms with Gasteiger partial charge in [-0.25, -0.2) is 0 Å². The topological polar surface area (TPSA) is 43.4 Å². The van der Waals surface area contributed by atoms with Crippen molar-refractivity contribution in [2.45, 2.75) is 25.7 Å². The largest absolute Gasteiger partial charge is 0.426 e. The van der Waals surface area contributed by atoms with Crippen molar-refractivity contribution < 1.29 is 14.3 Å². The molecule has 0 heterocycles. The number of Topliss-reactive ketones (excluding diaryl/α,β-unsaturated/α-hetero) is 1. The predicted molar refractivity (Wildman–Crippen MR) is 59.0 cm³/mol. The van der Waals surface area contributed by atoms with Crippen LogP contribution in [0.3, 0.4) is 0 Å². The lowest BCUT2D eigenvalue weighted by Crippen LogP contribution is -2.30. The van der Waals surface area contributed by atoms with E-state index in [-0.39, 0.29) is 5.78 Å². The highest BCUT2D eigenvalue weighted by molar-refractivity contribution is 6.00. The number of para-hydroxylation sites is 1. The standard InChI is InChI=1S/C13H14O3/c14-12-9-5-4-8-11(12)13(15)16-10-6-2-1-3-7-10/h1-3,6-7,11H,4-5,8-9H2. The Bertz CT molecular complexity index is 383. The third-order valence-electron chi connectivity index (χ3n) is 2.80. The van der Waals surface area contributed by atoms with Crippen molar-refractivity contribution in [3.05, 3.63) is 30.3 Å². The average molecular weight is 218 g/mol. The fraction of sp³-hybridized carbons (Fsp3) is 0.385. The van der Waals surface area contributed by atoms with Crippen LogP contribution in [0.2, 0.25) is 0 Å². The first-order chi connectivity index (χ1) is 7.77. The van der Waals surface area contributed by atoms with Crippen LogP contribution in [-0.2, 0) is 9.59 Å². The molecule has 16 heavy (non-hydrogen) atoms. The van der Waals surface area contributed by atoms with E-state index in [4.69, 9.17) is 4.74 Å². The van der Waals surface area contributed by atoms with E-state index in [1.807, 2.05) is 6.07 Å². The summed E-state index contributed by atoms with van der Waals surface area (Å²) in [5.41, 5.74) is 0. The van der Waals surface area contributed by atoms with Crippen LogP contribution in [0.15, 0.2) is 30.3 Å². The lowest BCUT2D eigenvalue weighted by atomic mass is 9.88. The van der Waals surface area contributed by atoms with E-state index in [1.165, 1.54) is 0 Å². The second-order valence-corrected chi connectivity index (χ2v) is 4.00. The summed E-state index contributed by atoms with van der Waals surface area (Å²) in [6, 6.07) is 8.87. The molecule has 1 saturated carbocycles. The first kappa shape index (κ1) is 10.9. The van der Waals surface area contributed by atoms with Gasteiger partial charge in [0.15, 0.2) is 0 Å². The van der Waals surface area contributed by atoms with Crippen LogP contribution in [0.5, 0.6) is 5.75 Å². The zero-order valence-electron chi connectivity index (χ0n) is 9.02. The Kier molecular flexibility index (Phi) is 3.34. The van der Waals surface area contributed by atoms with Gasteiger partial charge in [0.25, 0.3) is 0 Å². The minimum Gasteiger partial charge on any atom is -0.426 e. The number of hydrogen-bond donors (Lipinski definition) is 0. The highest BCUT2D eigenvalue weighted by Crippen LogP contribution is 2.22. The van der Waals surface area contributed by atoms with Gasteiger partial charge in [-0.1, -0.05) is 24.6 Å². The fourth-order valence-electron chi connectivity index (χ4n) is 1.91. The average Bonchev–Trinajstić information content (AvgIpc) is 2.31. The third-order valence-corrected chi connectivity index (χ3v) is 2.80. The molecular formula is C13H14O3. The Labute approximate surface area is 94.4 Å². The molecule has 0 amide bonds. The van der Waals surface area contributed by atoms with Crippen LogP contribution < -0.4 is 4.74 Å². The van der Waals surface area contributed by atoms with E-state index in [1.54, 1.807) is 24.3 Å². The Hall–Kier alpha value is -1.64. The number of hydrogen-bond acceptors (Lipinski definition) is 3. The van der Waals surface area contributed by atoms with E-state index in [2.05, 4.69) is 0 Å². The molecule has 1 aliphatic rings. The summed E-state index contributed by atoms with van der Waals surface area (Å²) in [6.45, 7) is 0. The number of ketones is 1. The van der Waals surface area contributed by atoms with Crippen molar-refractivity contribution in [1.82, 2.24) is 0 Å². The quantitative estimate of drug-likeness (QED) is 0.435. The summed E-state index contributed by atoms with van der Waals surface area (Å²) in [4.78, 5) is 23.3. The highest BCUT2D eigenvalue weighted by Gasteiger charge is 2.30. The number of rotatable bonds is 2. The van der Waals surface area contributed by atoms with Gasteiger partial charge in [0.05, 0.1) is 0 Å². The maximum absolute atomic E-state index is 11.7. The second-order valence-electron chi connectivity index (χ2n) is 4.00. The summed E-state index contributed by atoms with van der Waals surface area (Å²) >= 11 is 0. The van der Waals surface area contributed by atoms with Crippen LogP contribution >= 0.6 is 0 Å². The summed E-state index contributed by atoms with van der Waals surface area (Å²) < 4.78 is 5.16. The van der Waals surface area contributed by atoms with Crippen LogP contribution in [0, 0.1) is 5.92 Å². The Morgan fingerprint density at radius 2 is 1.94 bits per heavy atom. The maximum atomic E-state index is 11.7. The molecular weight excluding hydrogens is 204 g/mol. The molecule has 1 atom stereocenters. The number of carbonyl (C=O) groups excluding carboxylic acids is 2. The molecule has 0 bridgehead atoms. The Balaban J connectivity index is 2.00. The molecule has 0 N–H and O–H groups in total. The van der Waals surface area contributed by atoms with Crippen molar-refractivity contribution in [3.63, 3.8) is 0 Å². The second kappa shape index (κ2) is 4.92. The first-order valence-electron chi connectivity index (χ1n) is 5.57. The molecule has 1 aromatic rings. The molecule has 0 aliphatic heterocycles. The monoisotopic (exact) mass is 218 g/mol. The minimum atomic E-state index is -0.547. The SMILES string of the molecule is O=C1CCCCC1C(=O)Oc1ccccc1. The molecule has 0 radical (unpaired) electrons. The molecule has 1 fully saturated rings. The molecule has 0 saturated heterocycles. The van der Waals surface area contributed by atoms with Crippen molar-refractivity contribution in [3.8, 4) is 5.75 Å². The molecule has 0 spiro atoms. The van der Waals surface area contributed by atoms with Crippen LogP contribution in [0.4, 0.5) is 0 Å². The van der Waals surface area contributed by atoms with Crippen molar-refractivity contribution in [2.24, 2.45) is 5.92 Å². The van der Waals surface area contributed by atoms with Gasteiger partial charge in [-0.3, -0.25) is 9.59 Å². The predicted octanol–water partition coefficient (Wildman–Crippen LogP) is 2.35. The Morgan fingerprint density at radius 3 is 2.62 bits per heavy atom. The van der Waals surface area contributed by atoms with Crippen molar-refractivity contribution >= 4 is 11.8 Å². The fourth-order valence-corrected chi connectivity index (χ4v) is 1.91. The number of ether oxygens (including phenoxy) is 1. The highest BCUT2D eigenvalue weighted by atomic mass is 16.5. The third kappa shape index (κ3) is 2.48. The number of esters is 1. The van der Waals surface area contributed by atoms with Gasteiger partial charge in [-0.15, -0.1) is 0 Å². The van der Waals surface area contributed by atoms with Gasteiger partial charge in [-0.05, 0) is 25.0 Å². The molecule has 3 heteroatoms. The molecule has 1 aromatic carbocycles. The van der Waals surface area contributed by atoms with Crippen molar-refractivity contribution in [1.29, 1.82) is 0 Å². The summed E-state index contributed by atoms with van der Waals surface area (Å²) in [5, 5.41) is 0. The van der Waals surface area contributed by atoms with Gasteiger partial charge >= 0.3 is 5.97 Å². The Morgan fingerprint density at radius 1 is 1.19 bits per heavy atom. The number of benzene rings is 1. The minimum absolute atomic E-state index is 0.0205. The van der Waals surface area contributed by atoms with Crippen LogP contribution in [-0.4, -0.2) is 11.8 Å². The van der Waals surface area contributed by atoms with Gasteiger partial charge in [0, 0.05) is 6.42 Å². The molecule has 1 aliphatic carbocycles. The van der Waals surface area contributed by atoms with E-state index >= 15 is 0 Å². The summed E-state index contributed by atoms with van der Waals surface area (Å²) in [6.07, 6.45) is 2.97. The zero-order chi connectivity index (χ0) is 11.4. The molecule has 0 aromatic heterocycles. The summed E-state index contributed by atoms with van der Waals surface area (Å²) in [5.74, 6) is -0.428. The smallest absolute Gasteiger partial charge is 0.321 e. The van der Waals surface area contributed by atoms with E-state index < -0.39 is 11.9 Å². The molecule has 2 rings (SSSR count). The first-order valence-corrected chi connectivity index (χ1v) is 5.57. The van der Waals surface area contributed by atoms with Crippen LogP contribution in [0.25, 0.3) is 0 Å². The van der Waals surface area contributed by atoms with E-state index in [0.717, 1.165) is 12.8 Å². The van der Waals surface area contributed by atoms with E-state index in [9.17, 15) is 9.59 Å². The normalized spacial score (nSPS) is 20.5. The van der Waals surface area contributed by atoms with E-state index in [0.29, 0.717) is 18.6 Å². The van der Waals surface area contributed by atoms with Crippen molar-refractivity contribution in [2.75, 3.05) is 0 Å². The maximum Gasteiger partial charge on any atom is 0.321 e. The van der Waals surface area contributed by atoms with Gasteiger partial charge < -0.3 is 4.74 Å². The van der Waals surface area contributed by atoms with Crippen LogP contribution in [0.1, 0.15) is 25.7 Å². The zero-order valence-corrected chi connectivity index (χ0v) is 9.02. The molecule has 84 valence electrons. The number of carbonyl (C=O) groups is 2. The lowest BCUT2D eigenvalue weighted by molar-refractivity contribution is -0.145.